The van der Waals surface area contributed by atoms with Crippen molar-refractivity contribution in [3.8, 4) is 0 Å². The first kappa shape index (κ1) is 23.6. The Bertz CT molecular complexity index is 557. The van der Waals surface area contributed by atoms with E-state index in [0.29, 0.717) is 10.4 Å². The van der Waals surface area contributed by atoms with Gasteiger partial charge in [-0.2, -0.15) is 0 Å². The van der Waals surface area contributed by atoms with Crippen molar-refractivity contribution in [2.75, 3.05) is 46.6 Å². The maximum Gasteiger partial charge on any atom is 0.190 e. The smallest absolute Gasteiger partial charge is 0.190 e. The second-order valence-corrected chi connectivity index (χ2v) is 6.94. The van der Waals surface area contributed by atoms with Gasteiger partial charge in [-0.15, -0.1) is 24.0 Å². The molecular weight excluding hydrogens is 516 g/mol. The highest BCUT2D eigenvalue weighted by Crippen LogP contribution is 2.16. The molecule has 0 spiro atoms. The Balaban J connectivity index is 0.00000338. The lowest BCUT2D eigenvalue weighted by atomic mass is 10.1. The summed E-state index contributed by atoms with van der Waals surface area (Å²) in [7, 11) is 1.75. The van der Waals surface area contributed by atoms with Crippen LogP contribution in [0.25, 0.3) is 0 Å². The highest BCUT2D eigenvalue weighted by atomic mass is 127. The number of hydrogen-bond donors (Lipinski definition) is 2. The van der Waals surface area contributed by atoms with Crippen LogP contribution in [0.2, 0.25) is 0 Å². The number of aliphatic imine (C=N–C) groups is 1. The fraction of sp³-hybridized carbons (Fsp3) is 0.611. The predicted octanol–water partition coefficient (Wildman–Crippen LogP) is 3.36. The molecule has 2 N–H and O–H groups in total. The quantitative estimate of drug-likeness (QED) is 0.217. The predicted molar refractivity (Wildman–Crippen MR) is 117 cm³/mol. The molecule has 0 aliphatic carbocycles. The van der Waals surface area contributed by atoms with E-state index in [1.165, 1.54) is 6.07 Å². The van der Waals surface area contributed by atoms with E-state index in [1.54, 1.807) is 19.2 Å². The first-order valence-corrected chi connectivity index (χ1v) is 9.52. The minimum absolute atomic E-state index is 0. The molecule has 8 heteroatoms. The number of benzene rings is 1. The molecule has 1 atom stereocenters. The molecule has 0 amide bonds. The third-order valence-electron chi connectivity index (χ3n) is 4.05. The third-order valence-corrected chi connectivity index (χ3v) is 4.66. The Morgan fingerprint density at radius 2 is 2.19 bits per heavy atom. The van der Waals surface area contributed by atoms with Crippen LogP contribution in [-0.2, 0) is 15.9 Å². The third kappa shape index (κ3) is 8.96. The van der Waals surface area contributed by atoms with Crippen LogP contribution < -0.4 is 10.6 Å². The molecule has 1 fully saturated rings. The Hall–Kier alpha value is -0.450. The van der Waals surface area contributed by atoms with Crippen LogP contribution in [0.3, 0.4) is 0 Å². The van der Waals surface area contributed by atoms with Gasteiger partial charge in [0.1, 0.15) is 5.82 Å². The van der Waals surface area contributed by atoms with Crippen molar-refractivity contribution in [3.63, 3.8) is 0 Å². The molecule has 26 heavy (non-hydrogen) atoms. The molecule has 148 valence electrons. The summed E-state index contributed by atoms with van der Waals surface area (Å²) < 4.78 is 24.7. The van der Waals surface area contributed by atoms with Gasteiger partial charge in [-0.05, 0) is 52.9 Å². The van der Waals surface area contributed by atoms with Gasteiger partial charge in [-0.1, -0.05) is 6.07 Å². The summed E-state index contributed by atoms with van der Waals surface area (Å²) in [5.74, 6) is 1.09. The molecule has 0 aromatic heterocycles. The number of rotatable bonds is 9. The summed E-state index contributed by atoms with van der Waals surface area (Å²) in [6.45, 7) is 4.77. The van der Waals surface area contributed by atoms with Gasteiger partial charge in [0.25, 0.3) is 0 Å². The van der Waals surface area contributed by atoms with Crippen LogP contribution in [0.1, 0.15) is 18.4 Å². The van der Waals surface area contributed by atoms with Gasteiger partial charge in [-0.25, -0.2) is 4.39 Å². The number of ether oxygens (including phenoxy) is 2. The Morgan fingerprint density at radius 3 is 2.88 bits per heavy atom. The number of halogens is 3. The van der Waals surface area contributed by atoms with E-state index in [0.717, 1.165) is 70.3 Å². The van der Waals surface area contributed by atoms with Crippen molar-refractivity contribution in [2.45, 2.75) is 19.3 Å². The summed E-state index contributed by atoms with van der Waals surface area (Å²) in [4.78, 5) is 4.20. The first-order chi connectivity index (χ1) is 12.2. The molecule has 1 heterocycles. The van der Waals surface area contributed by atoms with Gasteiger partial charge in [0.05, 0.1) is 17.7 Å². The van der Waals surface area contributed by atoms with Crippen LogP contribution in [-0.4, -0.2) is 52.5 Å². The zero-order valence-corrected chi connectivity index (χ0v) is 19.0. The van der Waals surface area contributed by atoms with Crippen molar-refractivity contribution >= 4 is 45.9 Å². The van der Waals surface area contributed by atoms with Crippen molar-refractivity contribution in [2.24, 2.45) is 10.9 Å². The molecule has 0 bridgehead atoms. The fourth-order valence-electron chi connectivity index (χ4n) is 2.59. The van der Waals surface area contributed by atoms with Crippen LogP contribution in [0.5, 0.6) is 0 Å². The van der Waals surface area contributed by atoms with E-state index in [2.05, 4.69) is 31.6 Å². The number of nitrogens with zero attached hydrogens (tertiary/aromatic N) is 1. The van der Waals surface area contributed by atoms with Crippen molar-refractivity contribution < 1.29 is 13.9 Å². The number of nitrogens with one attached hydrogen (secondary N) is 2. The minimum atomic E-state index is -0.239. The van der Waals surface area contributed by atoms with Gasteiger partial charge >= 0.3 is 0 Å². The van der Waals surface area contributed by atoms with Gasteiger partial charge in [0.15, 0.2) is 5.96 Å². The summed E-state index contributed by atoms with van der Waals surface area (Å²) >= 11 is 3.21. The molecule has 1 aromatic carbocycles. The van der Waals surface area contributed by atoms with Crippen LogP contribution in [0, 0.1) is 11.7 Å². The molecule has 0 radical (unpaired) electrons. The summed E-state index contributed by atoms with van der Waals surface area (Å²) in [5, 5.41) is 6.53. The van der Waals surface area contributed by atoms with E-state index in [4.69, 9.17) is 9.47 Å². The standard InChI is InChI=1S/C18H27BrFN3O2.HI/c1-21-18(22-7-2-9-24-12-15-6-10-25-13-15)23-8-5-14-3-4-17(20)16(19)11-14;/h3-4,11,15H,2,5-10,12-13H2,1H3,(H2,21,22,23);1H. The van der Waals surface area contributed by atoms with Crippen LogP contribution >= 0.6 is 39.9 Å². The van der Waals surface area contributed by atoms with E-state index in [9.17, 15) is 4.39 Å². The molecule has 1 aromatic rings. The van der Waals surface area contributed by atoms with Gasteiger partial charge in [0, 0.05) is 39.3 Å². The maximum absolute atomic E-state index is 13.2. The Labute approximate surface area is 180 Å². The van der Waals surface area contributed by atoms with Gasteiger partial charge < -0.3 is 20.1 Å². The fourth-order valence-corrected chi connectivity index (χ4v) is 3.01. The normalized spacial score (nSPS) is 17.0. The SMILES string of the molecule is CN=C(NCCCOCC1CCOC1)NCCc1ccc(F)c(Br)c1.I. The Kier molecular flexibility index (Phi) is 12.4. The molecule has 5 nitrogen and oxygen atoms in total. The zero-order valence-electron chi connectivity index (χ0n) is 15.1. The van der Waals surface area contributed by atoms with Crippen molar-refractivity contribution in [3.05, 3.63) is 34.1 Å². The van der Waals surface area contributed by atoms with E-state index < -0.39 is 0 Å². The van der Waals surface area contributed by atoms with Crippen molar-refractivity contribution in [1.29, 1.82) is 0 Å². The summed E-state index contributed by atoms with van der Waals surface area (Å²) in [5.41, 5.74) is 1.07. The lowest BCUT2D eigenvalue weighted by Gasteiger charge is -2.13. The van der Waals surface area contributed by atoms with Crippen LogP contribution in [0.15, 0.2) is 27.7 Å². The second-order valence-electron chi connectivity index (χ2n) is 6.08. The lowest BCUT2D eigenvalue weighted by molar-refractivity contribution is 0.0888. The van der Waals surface area contributed by atoms with Gasteiger partial charge in [0.2, 0.25) is 0 Å². The molecule has 1 saturated heterocycles. The molecule has 1 aliphatic rings. The topological polar surface area (TPSA) is 54.9 Å². The summed E-state index contributed by atoms with van der Waals surface area (Å²) in [6.07, 6.45) is 2.84. The van der Waals surface area contributed by atoms with Gasteiger partial charge in [-0.3, -0.25) is 4.99 Å². The Morgan fingerprint density at radius 1 is 1.38 bits per heavy atom. The maximum atomic E-state index is 13.2. The molecular formula is C18H28BrFIN3O2. The molecule has 0 saturated carbocycles. The second kappa shape index (κ2) is 13.7. The molecule has 2 rings (SSSR count). The van der Waals surface area contributed by atoms with E-state index >= 15 is 0 Å². The van der Waals surface area contributed by atoms with Crippen molar-refractivity contribution in [1.82, 2.24) is 10.6 Å². The molecule has 1 aliphatic heterocycles. The van der Waals surface area contributed by atoms with E-state index in [1.807, 2.05) is 0 Å². The monoisotopic (exact) mass is 543 g/mol. The highest BCUT2D eigenvalue weighted by Gasteiger charge is 2.15. The average molecular weight is 544 g/mol. The number of hydrogen-bond acceptors (Lipinski definition) is 3. The lowest BCUT2D eigenvalue weighted by Crippen LogP contribution is -2.39. The first-order valence-electron chi connectivity index (χ1n) is 8.73. The zero-order chi connectivity index (χ0) is 17.9. The molecule has 1 unspecified atom stereocenters. The average Bonchev–Trinajstić information content (AvgIpc) is 3.12. The largest absolute Gasteiger partial charge is 0.381 e. The van der Waals surface area contributed by atoms with E-state index in [-0.39, 0.29) is 29.8 Å². The summed E-state index contributed by atoms with van der Waals surface area (Å²) in [6, 6.07) is 5.08. The minimum Gasteiger partial charge on any atom is -0.381 e. The number of guanidine groups is 1. The van der Waals surface area contributed by atoms with Crippen LogP contribution in [0.4, 0.5) is 4.39 Å². The highest BCUT2D eigenvalue weighted by molar-refractivity contribution is 14.0.